The second kappa shape index (κ2) is 5.89. The van der Waals surface area contributed by atoms with E-state index in [1.807, 2.05) is 6.92 Å². The molecule has 1 aromatic carbocycles. The SMILES string of the molecule is CCOC(c1ccc(CN)cc1)C(C)C. The van der Waals surface area contributed by atoms with Crippen molar-refractivity contribution in [3.63, 3.8) is 0 Å². The van der Waals surface area contributed by atoms with E-state index in [4.69, 9.17) is 10.5 Å². The molecule has 0 saturated heterocycles. The van der Waals surface area contributed by atoms with Gasteiger partial charge in [0, 0.05) is 13.2 Å². The van der Waals surface area contributed by atoms with Crippen LogP contribution in [0, 0.1) is 5.92 Å². The maximum absolute atomic E-state index is 5.73. The quantitative estimate of drug-likeness (QED) is 0.805. The van der Waals surface area contributed by atoms with E-state index >= 15 is 0 Å². The van der Waals surface area contributed by atoms with Gasteiger partial charge in [0.05, 0.1) is 6.10 Å². The molecular weight excluding hydrogens is 186 g/mol. The van der Waals surface area contributed by atoms with Crippen LogP contribution >= 0.6 is 0 Å². The summed E-state index contributed by atoms with van der Waals surface area (Å²) in [6, 6.07) is 8.37. The summed E-state index contributed by atoms with van der Waals surface area (Å²) in [6.07, 6.45) is 0.196. The molecule has 0 spiro atoms. The van der Waals surface area contributed by atoms with Gasteiger partial charge in [-0.2, -0.15) is 0 Å². The molecule has 2 heteroatoms. The molecule has 1 rings (SSSR count). The first kappa shape index (κ1) is 12.2. The van der Waals surface area contributed by atoms with Gasteiger partial charge in [-0.3, -0.25) is 0 Å². The van der Waals surface area contributed by atoms with Crippen LogP contribution < -0.4 is 5.73 Å². The van der Waals surface area contributed by atoms with Crippen LogP contribution in [-0.4, -0.2) is 6.61 Å². The average molecular weight is 207 g/mol. The summed E-state index contributed by atoms with van der Waals surface area (Å²) in [5.74, 6) is 0.494. The van der Waals surface area contributed by atoms with Crippen molar-refractivity contribution < 1.29 is 4.74 Å². The maximum atomic E-state index is 5.73. The number of benzene rings is 1. The van der Waals surface area contributed by atoms with Crippen molar-refractivity contribution in [2.45, 2.75) is 33.4 Å². The number of rotatable bonds is 5. The summed E-state index contributed by atoms with van der Waals surface area (Å²) in [5.41, 5.74) is 7.97. The highest BCUT2D eigenvalue weighted by molar-refractivity contribution is 5.24. The second-order valence-corrected chi connectivity index (χ2v) is 4.07. The summed E-state index contributed by atoms with van der Waals surface area (Å²) in [4.78, 5) is 0. The lowest BCUT2D eigenvalue weighted by molar-refractivity contribution is 0.0294. The fourth-order valence-corrected chi connectivity index (χ4v) is 1.70. The Balaban J connectivity index is 2.81. The predicted octanol–water partition coefficient (Wildman–Crippen LogP) is 2.88. The molecule has 0 aliphatic heterocycles. The molecule has 15 heavy (non-hydrogen) atoms. The fourth-order valence-electron chi connectivity index (χ4n) is 1.70. The van der Waals surface area contributed by atoms with E-state index in [1.54, 1.807) is 0 Å². The van der Waals surface area contributed by atoms with Crippen LogP contribution in [-0.2, 0) is 11.3 Å². The number of ether oxygens (including phenoxy) is 1. The van der Waals surface area contributed by atoms with Crippen molar-refractivity contribution in [3.8, 4) is 0 Å². The first-order chi connectivity index (χ1) is 7.19. The summed E-state index contributed by atoms with van der Waals surface area (Å²) >= 11 is 0. The molecule has 0 amide bonds. The Morgan fingerprint density at radius 2 is 1.80 bits per heavy atom. The van der Waals surface area contributed by atoms with Gasteiger partial charge in [-0.1, -0.05) is 38.1 Å². The van der Waals surface area contributed by atoms with E-state index in [1.165, 1.54) is 5.56 Å². The van der Waals surface area contributed by atoms with Crippen LogP contribution in [0.2, 0.25) is 0 Å². The highest BCUT2D eigenvalue weighted by Crippen LogP contribution is 2.25. The van der Waals surface area contributed by atoms with Crippen molar-refractivity contribution in [3.05, 3.63) is 35.4 Å². The third kappa shape index (κ3) is 3.33. The zero-order valence-corrected chi connectivity index (χ0v) is 9.86. The van der Waals surface area contributed by atoms with Crippen molar-refractivity contribution in [1.82, 2.24) is 0 Å². The van der Waals surface area contributed by atoms with Gasteiger partial charge < -0.3 is 10.5 Å². The molecule has 1 atom stereocenters. The van der Waals surface area contributed by atoms with E-state index in [0.717, 1.165) is 12.2 Å². The largest absolute Gasteiger partial charge is 0.374 e. The molecule has 0 fully saturated rings. The topological polar surface area (TPSA) is 35.2 Å². The zero-order chi connectivity index (χ0) is 11.3. The Morgan fingerprint density at radius 3 is 2.20 bits per heavy atom. The van der Waals surface area contributed by atoms with E-state index < -0.39 is 0 Å². The molecule has 1 aromatic rings. The van der Waals surface area contributed by atoms with Crippen LogP contribution in [0.25, 0.3) is 0 Å². The molecule has 0 saturated carbocycles. The molecule has 2 nitrogen and oxygen atoms in total. The molecule has 0 radical (unpaired) electrons. The monoisotopic (exact) mass is 207 g/mol. The van der Waals surface area contributed by atoms with Gasteiger partial charge in [0.2, 0.25) is 0 Å². The Bertz CT molecular complexity index is 279. The van der Waals surface area contributed by atoms with E-state index in [0.29, 0.717) is 12.5 Å². The Kier molecular flexibility index (Phi) is 4.79. The minimum absolute atomic E-state index is 0.196. The first-order valence-corrected chi connectivity index (χ1v) is 5.59. The van der Waals surface area contributed by atoms with E-state index in [9.17, 15) is 0 Å². The third-order valence-electron chi connectivity index (χ3n) is 2.50. The standard InChI is InChI=1S/C13H21NO/c1-4-15-13(10(2)3)12-7-5-11(9-14)6-8-12/h5-8,10,13H,4,9,14H2,1-3H3. The smallest absolute Gasteiger partial charge is 0.0847 e. The zero-order valence-electron chi connectivity index (χ0n) is 9.86. The molecule has 0 heterocycles. The summed E-state index contributed by atoms with van der Waals surface area (Å²) in [6.45, 7) is 7.74. The first-order valence-electron chi connectivity index (χ1n) is 5.59. The van der Waals surface area contributed by atoms with Gasteiger partial charge in [-0.15, -0.1) is 0 Å². The fraction of sp³-hybridized carbons (Fsp3) is 0.538. The van der Waals surface area contributed by atoms with E-state index in [-0.39, 0.29) is 6.10 Å². The lowest BCUT2D eigenvalue weighted by Gasteiger charge is -2.21. The number of nitrogens with two attached hydrogens (primary N) is 1. The predicted molar refractivity (Wildman–Crippen MR) is 63.5 cm³/mol. The summed E-state index contributed by atoms with van der Waals surface area (Å²) in [7, 11) is 0. The van der Waals surface area contributed by atoms with Crippen molar-refractivity contribution in [2.75, 3.05) is 6.61 Å². The van der Waals surface area contributed by atoms with Crippen LogP contribution in [0.1, 0.15) is 38.0 Å². The molecule has 84 valence electrons. The minimum Gasteiger partial charge on any atom is -0.374 e. The number of hydrogen-bond acceptors (Lipinski definition) is 2. The molecule has 0 aliphatic carbocycles. The van der Waals surface area contributed by atoms with Crippen molar-refractivity contribution >= 4 is 0 Å². The Labute approximate surface area is 92.4 Å². The van der Waals surface area contributed by atoms with Gasteiger partial charge in [0.25, 0.3) is 0 Å². The molecule has 1 unspecified atom stereocenters. The minimum atomic E-state index is 0.196. The third-order valence-corrected chi connectivity index (χ3v) is 2.50. The van der Waals surface area contributed by atoms with E-state index in [2.05, 4.69) is 38.1 Å². The van der Waals surface area contributed by atoms with Gasteiger partial charge in [0.1, 0.15) is 0 Å². The molecular formula is C13H21NO. The molecule has 0 bridgehead atoms. The lowest BCUT2D eigenvalue weighted by atomic mass is 9.98. The lowest BCUT2D eigenvalue weighted by Crippen LogP contribution is -2.11. The van der Waals surface area contributed by atoms with Gasteiger partial charge in [0.15, 0.2) is 0 Å². The highest BCUT2D eigenvalue weighted by atomic mass is 16.5. The van der Waals surface area contributed by atoms with Crippen molar-refractivity contribution in [2.24, 2.45) is 11.7 Å². The van der Waals surface area contributed by atoms with Crippen molar-refractivity contribution in [1.29, 1.82) is 0 Å². The van der Waals surface area contributed by atoms with Gasteiger partial charge in [-0.25, -0.2) is 0 Å². The van der Waals surface area contributed by atoms with Crippen LogP contribution in [0.15, 0.2) is 24.3 Å². The highest BCUT2D eigenvalue weighted by Gasteiger charge is 2.15. The molecule has 0 aliphatic rings. The molecule has 2 N–H and O–H groups in total. The van der Waals surface area contributed by atoms with Gasteiger partial charge in [-0.05, 0) is 24.0 Å². The van der Waals surface area contributed by atoms with Crippen LogP contribution in [0.3, 0.4) is 0 Å². The summed E-state index contributed by atoms with van der Waals surface area (Å²) < 4.78 is 5.73. The second-order valence-electron chi connectivity index (χ2n) is 4.07. The Hall–Kier alpha value is -0.860. The van der Waals surface area contributed by atoms with Gasteiger partial charge >= 0.3 is 0 Å². The maximum Gasteiger partial charge on any atom is 0.0847 e. The van der Waals surface area contributed by atoms with Crippen LogP contribution in [0.4, 0.5) is 0 Å². The van der Waals surface area contributed by atoms with Crippen LogP contribution in [0.5, 0.6) is 0 Å². The summed E-state index contributed by atoms with van der Waals surface area (Å²) in [5, 5.41) is 0. The number of hydrogen-bond donors (Lipinski definition) is 1. The molecule has 0 aromatic heterocycles. The average Bonchev–Trinajstić information content (AvgIpc) is 2.26. The Morgan fingerprint density at radius 1 is 1.20 bits per heavy atom. The normalized spacial score (nSPS) is 13.1.